The SMILES string of the molecule is [C-]#[N+]c1c(-c2cccc(-c3cccc(-c4nc(-c5ccccc5)nc(-c5cccc6c5ccc5ccccc56)n4)c3)c2)cccc1-c1cccc(-c2ccc3ccc4ccccc4c3c2)c1. The number of fused-ring (bicyclic) bond motifs is 6. The molecule has 1 heterocycles. The van der Waals surface area contributed by atoms with E-state index in [1.807, 2.05) is 30.3 Å². The number of nitrogens with zero attached hydrogens (tertiary/aromatic N) is 4. The van der Waals surface area contributed by atoms with E-state index >= 15 is 0 Å². The van der Waals surface area contributed by atoms with Gasteiger partial charge in [0.05, 0.1) is 6.57 Å². The molecule has 0 N–H and O–H groups in total. The van der Waals surface area contributed by atoms with Gasteiger partial charge in [-0.05, 0) is 112 Å². The van der Waals surface area contributed by atoms with Crippen LogP contribution in [0.3, 0.4) is 0 Å². The zero-order valence-electron chi connectivity index (χ0n) is 35.7. The Morgan fingerprint density at radius 3 is 1.35 bits per heavy atom. The van der Waals surface area contributed by atoms with Crippen molar-refractivity contribution in [2.45, 2.75) is 0 Å². The zero-order chi connectivity index (χ0) is 44.0. The van der Waals surface area contributed by atoms with Gasteiger partial charge in [-0.3, -0.25) is 0 Å². The highest BCUT2D eigenvalue weighted by Gasteiger charge is 2.17. The Morgan fingerprint density at radius 1 is 0.258 bits per heavy atom. The first-order valence-corrected chi connectivity index (χ1v) is 22.1. The van der Waals surface area contributed by atoms with E-state index in [-0.39, 0.29) is 0 Å². The highest BCUT2D eigenvalue weighted by molar-refractivity contribution is 6.12. The van der Waals surface area contributed by atoms with Crippen LogP contribution in [0.5, 0.6) is 0 Å². The summed E-state index contributed by atoms with van der Waals surface area (Å²) in [5.41, 5.74) is 11.4. The molecule has 0 aliphatic rings. The molecule has 12 rings (SSSR count). The molecule has 4 nitrogen and oxygen atoms in total. The Hall–Kier alpha value is -9.04. The molecule has 66 heavy (non-hydrogen) atoms. The van der Waals surface area contributed by atoms with Crippen LogP contribution in [0.15, 0.2) is 231 Å². The van der Waals surface area contributed by atoms with Gasteiger partial charge in [-0.1, -0.05) is 206 Å². The topological polar surface area (TPSA) is 43.0 Å². The first-order valence-electron chi connectivity index (χ1n) is 22.1. The lowest BCUT2D eigenvalue weighted by molar-refractivity contribution is 1.08. The molecule has 0 aliphatic heterocycles. The van der Waals surface area contributed by atoms with E-state index in [0.717, 1.165) is 72.0 Å². The third kappa shape index (κ3) is 6.93. The average molecular weight is 839 g/mol. The molecule has 11 aromatic carbocycles. The number of aromatic nitrogens is 3. The Bertz CT molecular complexity index is 3900. The maximum atomic E-state index is 8.49. The Morgan fingerprint density at radius 2 is 0.682 bits per heavy atom. The van der Waals surface area contributed by atoms with Crippen molar-refractivity contribution < 1.29 is 0 Å². The van der Waals surface area contributed by atoms with Crippen molar-refractivity contribution >= 4 is 48.8 Å². The van der Waals surface area contributed by atoms with Gasteiger partial charge in [0, 0.05) is 16.7 Å². The molecule has 0 aliphatic carbocycles. The Labute approximate surface area is 382 Å². The van der Waals surface area contributed by atoms with E-state index in [9.17, 15) is 0 Å². The van der Waals surface area contributed by atoms with Gasteiger partial charge in [-0.2, -0.15) is 0 Å². The van der Waals surface area contributed by atoms with Crippen LogP contribution in [-0.4, -0.2) is 15.0 Å². The molecule has 0 bridgehead atoms. The van der Waals surface area contributed by atoms with Crippen LogP contribution in [0.1, 0.15) is 0 Å². The predicted molar refractivity (Wildman–Crippen MR) is 274 cm³/mol. The maximum Gasteiger partial charge on any atom is 0.202 e. The number of rotatable bonds is 7. The molecular formula is C62H38N4. The van der Waals surface area contributed by atoms with E-state index in [0.29, 0.717) is 23.2 Å². The van der Waals surface area contributed by atoms with Crippen molar-refractivity contribution in [3.05, 3.63) is 242 Å². The van der Waals surface area contributed by atoms with Gasteiger partial charge in [0.15, 0.2) is 17.5 Å². The standard InChI is InChI=1S/C62H38N4/c1-63-59-53(26-12-27-54(59)49-22-10-19-45(37-49)47-33-32-42-31-30-40-14-6-8-25-52(40)58(42)39-47)48-21-9-18-44(36-48)46-20-11-23-50(38-46)61-64-60(43-16-3-2-4-17-43)65-62(66-61)57-29-13-28-55-51-24-7-5-15-41(51)34-35-56(55)57/h2-39H. The summed E-state index contributed by atoms with van der Waals surface area (Å²) in [5, 5.41) is 9.56. The molecule has 0 spiro atoms. The third-order valence-electron chi connectivity index (χ3n) is 12.7. The summed E-state index contributed by atoms with van der Waals surface area (Å²) in [6.45, 7) is 8.49. The summed E-state index contributed by atoms with van der Waals surface area (Å²) in [5.74, 6) is 1.83. The van der Waals surface area contributed by atoms with E-state index in [2.05, 4.69) is 205 Å². The summed E-state index contributed by atoms with van der Waals surface area (Å²) in [7, 11) is 0. The highest BCUT2D eigenvalue weighted by atomic mass is 15.0. The first-order chi connectivity index (χ1) is 32.6. The van der Waals surface area contributed by atoms with Crippen LogP contribution in [0, 0.1) is 6.57 Å². The van der Waals surface area contributed by atoms with Gasteiger partial charge < -0.3 is 0 Å². The molecule has 0 fully saturated rings. The number of hydrogen-bond donors (Lipinski definition) is 0. The summed E-state index contributed by atoms with van der Waals surface area (Å²) in [4.78, 5) is 19.6. The molecule has 0 radical (unpaired) electrons. The van der Waals surface area contributed by atoms with E-state index < -0.39 is 0 Å². The highest BCUT2D eigenvalue weighted by Crippen LogP contribution is 2.42. The van der Waals surface area contributed by atoms with Crippen molar-refractivity contribution in [1.82, 2.24) is 15.0 Å². The lowest BCUT2D eigenvalue weighted by Gasteiger charge is -2.14. The van der Waals surface area contributed by atoms with Crippen molar-refractivity contribution in [2.75, 3.05) is 0 Å². The second-order valence-electron chi connectivity index (χ2n) is 16.6. The number of para-hydroxylation sites is 1. The number of benzene rings is 11. The lowest BCUT2D eigenvalue weighted by Crippen LogP contribution is -2.00. The second kappa shape index (κ2) is 16.3. The molecule has 0 saturated heterocycles. The molecule has 0 unspecified atom stereocenters. The lowest BCUT2D eigenvalue weighted by atomic mass is 9.92. The molecule has 4 heteroatoms. The van der Waals surface area contributed by atoms with Gasteiger partial charge >= 0.3 is 0 Å². The summed E-state index contributed by atoms with van der Waals surface area (Å²) < 4.78 is 0. The van der Waals surface area contributed by atoms with Crippen LogP contribution in [0.25, 0.3) is 127 Å². The van der Waals surface area contributed by atoms with E-state index in [1.54, 1.807) is 0 Å². The summed E-state index contributed by atoms with van der Waals surface area (Å²) >= 11 is 0. The normalized spacial score (nSPS) is 11.3. The van der Waals surface area contributed by atoms with Crippen LogP contribution >= 0.6 is 0 Å². The van der Waals surface area contributed by atoms with Crippen molar-refractivity contribution in [3.63, 3.8) is 0 Å². The summed E-state index contributed by atoms with van der Waals surface area (Å²) in [6, 6.07) is 80.5. The molecule has 0 atom stereocenters. The smallest absolute Gasteiger partial charge is 0.202 e. The molecular weight excluding hydrogens is 801 g/mol. The first kappa shape index (κ1) is 38.6. The van der Waals surface area contributed by atoms with E-state index in [1.165, 1.54) is 32.3 Å². The minimum Gasteiger partial charge on any atom is -0.237 e. The molecule has 1 aromatic heterocycles. The predicted octanol–water partition coefficient (Wildman–Crippen LogP) is 16.7. The minimum absolute atomic E-state index is 0.594. The quantitative estimate of drug-likeness (QED) is 0.119. The fraction of sp³-hybridized carbons (Fsp3) is 0. The van der Waals surface area contributed by atoms with Crippen LogP contribution in [0.4, 0.5) is 5.69 Å². The van der Waals surface area contributed by atoms with Gasteiger partial charge in [-0.15, -0.1) is 0 Å². The molecule has 0 amide bonds. The minimum atomic E-state index is 0.594. The van der Waals surface area contributed by atoms with Crippen molar-refractivity contribution in [3.8, 4) is 78.7 Å². The Balaban J connectivity index is 0.914. The summed E-state index contributed by atoms with van der Waals surface area (Å²) in [6.07, 6.45) is 0. The van der Waals surface area contributed by atoms with Gasteiger partial charge in [0.1, 0.15) is 0 Å². The second-order valence-corrected chi connectivity index (χ2v) is 16.6. The Kier molecular flexibility index (Phi) is 9.51. The van der Waals surface area contributed by atoms with Crippen LogP contribution in [0.2, 0.25) is 0 Å². The fourth-order valence-corrected chi connectivity index (χ4v) is 9.46. The van der Waals surface area contributed by atoms with Crippen molar-refractivity contribution in [1.29, 1.82) is 0 Å². The molecule has 306 valence electrons. The van der Waals surface area contributed by atoms with Crippen molar-refractivity contribution in [2.24, 2.45) is 0 Å². The van der Waals surface area contributed by atoms with Gasteiger partial charge in [-0.25, -0.2) is 19.8 Å². The third-order valence-corrected chi connectivity index (χ3v) is 12.7. The van der Waals surface area contributed by atoms with E-state index in [4.69, 9.17) is 21.5 Å². The monoisotopic (exact) mass is 838 g/mol. The van der Waals surface area contributed by atoms with Gasteiger partial charge in [0.25, 0.3) is 0 Å². The zero-order valence-corrected chi connectivity index (χ0v) is 35.7. The van der Waals surface area contributed by atoms with Gasteiger partial charge in [0.2, 0.25) is 5.69 Å². The van der Waals surface area contributed by atoms with Crippen LogP contribution in [-0.2, 0) is 0 Å². The molecule has 12 aromatic rings. The fourth-order valence-electron chi connectivity index (χ4n) is 9.46. The largest absolute Gasteiger partial charge is 0.237 e. The average Bonchev–Trinajstić information content (AvgIpc) is 3.40. The number of hydrogen-bond acceptors (Lipinski definition) is 3. The maximum absolute atomic E-state index is 8.49. The molecule has 0 saturated carbocycles. The van der Waals surface area contributed by atoms with Crippen LogP contribution < -0.4 is 0 Å².